The second kappa shape index (κ2) is 8.41. The number of rotatable bonds is 10. The third-order valence-corrected chi connectivity index (χ3v) is 3.30. The summed E-state index contributed by atoms with van der Waals surface area (Å²) < 4.78 is 21.8. The number of quaternary nitrogens is 1. The molecule has 0 rings (SSSR count). The average Bonchev–Trinajstić information content (AvgIpc) is 2.23. The molecule has 4 atom stereocenters. The van der Waals surface area contributed by atoms with E-state index in [0.717, 1.165) is 0 Å². The van der Waals surface area contributed by atoms with Crippen molar-refractivity contribution in [2.45, 2.75) is 31.7 Å². The standard InChI is InChI=1S/C11H26NO7P/c1-9(14)8-18-20(16,17)19-11(5-10(15)7-13)6-12(2,3)4/h9-11,13-15H,5-8H2,1-4H3/p+1. The van der Waals surface area contributed by atoms with Gasteiger partial charge in [0.25, 0.3) is 0 Å². The minimum absolute atomic E-state index is 0.00854. The average molecular weight is 316 g/mol. The fraction of sp³-hybridized carbons (Fsp3) is 1.00. The van der Waals surface area contributed by atoms with Gasteiger partial charge in [0, 0.05) is 6.42 Å². The molecule has 0 aliphatic carbocycles. The van der Waals surface area contributed by atoms with Crippen LogP contribution in [0.2, 0.25) is 0 Å². The highest BCUT2D eigenvalue weighted by molar-refractivity contribution is 7.47. The summed E-state index contributed by atoms with van der Waals surface area (Å²) >= 11 is 0. The molecular weight excluding hydrogens is 289 g/mol. The van der Waals surface area contributed by atoms with Crippen LogP contribution in [0, 0.1) is 0 Å². The summed E-state index contributed by atoms with van der Waals surface area (Å²) in [6, 6.07) is 0. The Morgan fingerprint density at radius 1 is 1.25 bits per heavy atom. The van der Waals surface area contributed by atoms with Gasteiger partial charge in [-0.2, -0.15) is 0 Å². The van der Waals surface area contributed by atoms with Gasteiger partial charge in [-0.05, 0) is 6.92 Å². The summed E-state index contributed by atoms with van der Waals surface area (Å²) in [6.45, 7) is 0.980. The molecule has 0 saturated heterocycles. The molecule has 122 valence electrons. The molecule has 0 saturated carbocycles. The van der Waals surface area contributed by atoms with Crippen LogP contribution < -0.4 is 0 Å². The maximum absolute atomic E-state index is 11.7. The van der Waals surface area contributed by atoms with E-state index in [4.69, 9.17) is 14.7 Å². The Morgan fingerprint density at radius 2 is 1.80 bits per heavy atom. The molecule has 0 radical (unpaired) electrons. The number of nitrogens with zero attached hydrogens (tertiary/aromatic N) is 1. The Bertz CT molecular complexity index is 318. The minimum Gasteiger partial charge on any atom is -0.394 e. The molecule has 9 heteroatoms. The minimum atomic E-state index is -4.32. The van der Waals surface area contributed by atoms with Gasteiger partial charge in [-0.25, -0.2) is 4.57 Å². The van der Waals surface area contributed by atoms with Crippen LogP contribution in [0.3, 0.4) is 0 Å². The fourth-order valence-corrected chi connectivity index (χ4v) is 2.56. The lowest BCUT2D eigenvalue weighted by atomic mass is 10.1. The SMILES string of the molecule is CC(O)COP(=O)(O)OC(CC(O)CO)C[N+](C)(C)C. The molecule has 0 aromatic heterocycles. The zero-order chi connectivity index (χ0) is 16.0. The van der Waals surface area contributed by atoms with Gasteiger partial charge >= 0.3 is 7.82 Å². The van der Waals surface area contributed by atoms with Gasteiger partial charge in [0.2, 0.25) is 0 Å². The molecule has 0 aliphatic heterocycles. The second-order valence-electron chi connectivity index (χ2n) is 5.89. The van der Waals surface area contributed by atoms with Crippen molar-refractivity contribution in [2.75, 3.05) is 40.9 Å². The van der Waals surface area contributed by atoms with E-state index in [1.165, 1.54) is 6.92 Å². The van der Waals surface area contributed by atoms with Crippen molar-refractivity contribution in [1.29, 1.82) is 0 Å². The zero-order valence-electron chi connectivity index (χ0n) is 12.5. The van der Waals surface area contributed by atoms with Crippen molar-refractivity contribution in [3.05, 3.63) is 0 Å². The van der Waals surface area contributed by atoms with E-state index in [0.29, 0.717) is 11.0 Å². The predicted octanol–water partition coefficient (Wildman–Crippen LogP) is -0.681. The van der Waals surface area contributed by atoms with Crippen LogP contribution >= 0.6 is 7.82 Å². The Balaban J connectivity index is 4.65. The van der Waals surface area contributed by atoms with Gasteiger partial charge in [0.1, 0.15) is 12.6 Å². The van der Waals surface area contributed by atoms with E-state index < -0.39 is 32.7 Å². The predicted molar refractivity (Wildman–Crippen MR) is 72.9 cm³/mol. The maximum atomic E-state index is 11.7. The third kappa shape index (κ3) is 10.7. The maximum Gasteiger partial charge on any atom is 0.472 e. The number of phosphoric acid groups is 1. The zero-order valence-corrected chi connectivity index (χ0v) is 13.4. The van der Waals surface area contributed by atoms with E-state index in [2.05, 4.69) is 4.52 Å². The summed E-state index contributed by atoms with van der Waals surface area (Å²) in [5.74, 6) is 0. The van der Waals surface area contributed by atoms with Crippen molar-refractivity contribution in [2.24, 2.45) is 0 Å². The summed E-state index contributed by atoms with van der Waals surface area (Å²) in [5, 5.41) is 27.3. The smallest absolute Gasteiger partial charge is 0.394 e. The van der Waals surface area contributed by atoms with Gasteiger partial charge in [0.15, 0.2) is 0 Å². The molecule has 8 nitrogen and oxygen atoms in total. The summed E-state index contributed by atoms with van der Waals surface area (Å²) in [7, 11) is 1.27. The normalized spacial score (nSPS) is 20.2. The molecule has 0 amide bonds. The molecule has 0 bridgehead atoms. The molecule has 4 N–H and O–H groups in total. The fourth-order valence-electron chi connectivity index (χ4n) is 1.56. The second-order valence-corrected chi connectivity index (χ2v) is 7.29. The van der Waals surface area contributed by atoms with Crippen molar-refractivity contribution in [3.63, 3.8) is 0 Å². The molecule has 0 aliphatic rings. The van der Waals surface area contributed by atoms with Gasteiger partial charge in [-0.1, -0.05) is 0 Å². The van der Waals surface area contributed by atoms with E-state index in [-0.39, 0.29) is 13.0 Å². The van der Waals surface area contributed by atoms with Gasteiger partial charge in [-0.3, -0.25) is 9.05 Å². The first-order valence-corrected chi connectivity index (χ1v) is 7.88. The molecule has 4 unspecified atom stereocenters. The largest absolute Gasteiger partial charge is 0.472 e. The van der Waals surface area contributed by atoms with Crippen LogP contribution in [0.5, 0.6) is 0 Å². The van der Waals surface area contributed by atoms with Crippen LogP contribution in [0.1, 0.15) is 13.3 Å². The van der Waals surface area contributed by atoms with Crippen LogP contribution in [0.4, 0.5) is 0 Å². The highest BCUT2D eigenvalue weighted by Crippen LogP contribution is 2.45. The molecule has 0 fully saturated rings. The van der Waals surface area contributed by atoms with Crippen LogP contribution in [0.15, 0.2) is 0 Å². The molecule has 0 heterocycles. The lowest BCUT2D eigenvalue weighted by Crippen LogP contribution is -2.43. The van der Waals surface area contributed by atoms with Crippen molar-refractivity contribution < 1.29 is 38.3 Å². The molecule has 20 heavy (non-hydrogen) atoms. The van der Waals surface area contributed by atoms with E-state index in [1.54, 1.807) is 0 Å². The van der Waals surface area contributed by atoms with Crippen molar-refractivity contribution in [1.82, 2.24) is 0 Å². The number of phosphoric ester groups is 1. The number of aliphatic hydroxyl groups is 3. The summed E-state index contributed by atoms with van der Waals surface area (Å²) in [5.41, 5.74) is 0. The van der Waals surface area contributed by atoms with Crippen LogP contribution in [-0.4, -0.2) is 83.9 Å². The molecular formula is C11H27NO7P+. The number of likely N-dealkylation sites (N-methyl/N-ethyl adjacent to an activating group) is 1. The van der Waals surface area contributed by atoms with E-state index in [1.807, 2.05) is 21.1 Å². The van der Waals surface area contributed by atoms with Crippen molar-refractivity contribution in [3.8, 4) is 0 Å². The Hall–Kier alpha value is -0.0500. The molecule has 0 aromatic carbocycles. The summed E-state index contributed by atoms with van der Waals surface area (Å²) in [6.07, 6.45) is -2.68. The summed E-state index contributed by atoms with van der Waals surface area (Å²) in [4.78, 5) is 9.57. The molecule has 0 aromatic rings. The Morgan fingerprint density at radius 3 is 2.20 bits per heavy atom. The number of hydrogen-bond donors (Lipinski definition) is 4. The number of aliphatic hydroxyl groups excluding tert-OH is 3. The number of hydrogen-bond acceptors (Lipinski definition) is 6. The first-order chi connectivity index (χ1) is 8.95. The monoisotopic (exact) mass is 316 g/mol. The third-order valence-electron chi connectivity index (χ3n) is 2.26. The highest BCUT2D eigenvalue weighted by atomic mass is 31.2. The lowest BCUT2D eigenvalue weighted by Gasteiger charge is -2.30. The van der Waals surface area contributed by atoms with Crippen LogP contribution in [-0.2, 0) is 13.6 Å². The first kappa shape index (κ1) is 19.9. The van der Waals surface area contributed by atoms with Gasteiger partial charge in [-0.15, -0.1) is 0 Å². The Labute approximate surface area is 119 Å². The first-order valence-electron chi connectivity index (χ1n) is 6.38. The van der Waals surface area contributed by atoms with Crippen LogP contribution in [0.25, 0.3) is 0 Å². The van der Waals surface area contributed by atoms with E-state index >= 15 is 0 Å². The Kier molecular flexibility index (Phi) is 8.39. The highest BCUT2D eigenvalue weighted by Gasteiger charge is 2.31. The van der Waals surface area contributed by atoms with Gasteiger partial charge in [0.05, 0.1) is 46.6 Å². The van der Waals surface area contributed by atoms with E-state index in [9.17, 15) is 14.6 Å². The topological polar surface area (TPSA) is 116 Å². The quantitative estimate of drug-likeness (QED) is 0.312. The van der Waals surface area contributed by atoms with Gasteiger partial charge < -0.3 is 24.7 Å². The van der Waals surface area contributed by atoms with Crippen molar-refractivity contribution >= 4 is 7.82 Å². The molecule has 0 spiro atoms. The lowest BCUT2D eigenvalue weighted by molar-refractivity contribution is -0.873.